The van der Waals surface area contributed by atoms with Crippen LogP contribution in [0.25, 0.3) is 61.6 Å². The van der Waals surface area contributed by atoms with Crippen molar-refractivity contribution in [3.8, 4) is 56.3 Å². The molecule has 0 aliphatic rings. The quantitative estimate of drug-likeness (QED) is 0.163. The van der Waals surface area contributed by atoms with Crippen molar-refractivity contribution in [2.45, 2.75) is 12.8 Å². The third-order valence-electron chi connectivity index (χ3n) is 8.99. The minimum atomic E-state index is 0. The molecular formula is C44H32N3OPt-. The Hall–Kier alpha value is -5.57. The molecule has 8 aromatic rings. The number of phenols is 1. The van der Waals surface area contributed by atoms with Crippen molar-refractivity contribution in [2.24, 2.45) is 0 Å². The molecule has 0 bridgehead atoms. The van der Waals surface area contributed by atoms with Gasteiger partial charge in [0.15, 0.2) is 0 Å². The van der Waals surface area contributed by atoms with Gasteiger partial charge in [0, 0.05) is 38.6 Å². The number of nitrogens with zero attached hydrogens (tertiary/aromatic N) is 3. The third-order valence-corrected chi connectivity index (χ3v) is 8.99. The third kappa shape index (κ3) is 6.12. The number of imidazole rings is 1. The van der Waals surface area contributed by atoms with Crippen molar-refractivity contribution < 1.29 is 26.2 Å². The summed E-state index contributed by atoms with van der Waals surface area (Å²) in [7, 11) is 0. The topological polar surface area (TPSA) is 50.9 Å². The molecular weight excluding hydrogens is 782 g/mol. The molecule has 0 aliphatic heterocycles. The predicted molar refractivity (Wildman–Crippen MR) is 195 cm³/mol. The molecule has 0 amide bonds. The van der Waals surface area contributed by atoms with Gasteiger partial charge in [0.05, 0.1) is 16.6 Å². The van der Waals surface area contributed by atoms with Crippen LogP contribution >= 0.6 is 0 Å². The molecule has 0 saturated heterocycles. The summed E-state index contributed by atoms with van der Waals surface area (Å²) in [6.45, 7) is 2.24. The maximum atomic E-state index is 11.6. The SMILES string of the molecule is CC(c1ccccc1)c1ccc2c(nc(-c3ccc(-c4ccccc4)cc3O)n2-c2ccccc2)c1-c1[c-]c(-c2ccccn2)ccc1.[Pt]. The van der Waals surface area contributed by atoms with E-state index >= 15 is 0 Å². The van der Waals surface area contributed by atoms with Crippen LogP contribution in [0.1, 0.15) is 24.0 Å². The number of aromatic nitrogens is 3. The second-order valence-corrected chi connectivity index (χ2v) is 11.9. The van der Waals surface area contributed by atoms with Gasteiger partial charge in [-0.3, -0.25) is 9.55 Å². The minimum Gasteiger partial charge on any atom is -0.507 e. The molecule has 0 saturated carbocycles. The number of hydrogen-bond acceptors (Lipinski definition) is 3. The summed E-state index contributed by atoms with van der Waals surface area (Å²) in [5, 5.41) is 11.6. The Kier molecular flexibility index (Phi) is 9.07. The van der Waals surface area contributed by atoms with Gasteiger partial charge in [-0.2, -0.15) is 0 Å². The van der Waals surface area contributed by atoms with Crippen LogP contribution in [0.2, 0.25) is 0 Å². The second kappa shape index (κ2) is 13.9. The summed E-state index contributed by atoms with van der Waals surface area (Å²) in [5.74, 6) is 0.924. The number of para-hydroxylation sites is 1. The smallest absolute Gasteiger partial charge is 0.148 e. The number of rotatable bonds is 7. The molecule has 0 spiro atoms. The van der Waals surface area contributed by atoms with E-state index in [9.17, 15) is 5.11 Å². The molecule has 1 unspecified atom stereocenters. The van der Waals surface area contributed by atoms with E-state index in [0.717, 1.165) is 55.8 Å². The fourth-order valence-electron chi connectivity index (χ4n) is 6.56. The van der Waals surface area contributed by atoms with Crippen LogP contribution in [0.3, 0.4) is 0 Å². The van der Waals surface area contributed by atoms with Crippen LogP contribution < -0.4 is 0 Å². The van der Waals surface area contributed by atoms with E-state index in [-0.39, 0.29) is 32.7 Å². The van der Waals surface area contributed by atoms with Crippen LogP contribution in [-0.2, 0) is 21.1 Å². The summed E-state index contributed by atoms with van der Waals surface area (Å²) >= 11 is 0. The Morgan fingerprint density at radius 2 is 1.35 bits per heavy atom. The molecule has 1 N–H and O–H groups in total. The van der Waals surface area contributed by atoms with Gasteiger partial charge in [-0.25, -0.2) is 4.98 Å². The van der Waals surface area contributed by atoms with Crippen molar-refractivity contribution in [3.63, 3.8) is 0 Å². The van der Waals surface area contributed by atoms with Crippen molar-refractivity contribution in [1.82, 2.24) is 14.5 Å². The largest absolute Gasteiger partial charge is 0.507 e. The van der Waals surface area contributed by atoms with Gasteiger partial charge in [0.25, 0.3) is 0 Å². The molecule has 49 heavy (non-hydrogen) atoms. The van der Waals surface area contributed by atoms with E-state index in [2.05, 4.69) is 83.2 Å². The molecule has 2 aromatic heterocycles. The zero-order valence-electron chi connectivity index (χ0n) is 26.8. The summed E-state index contributed by atoms with van der Waals surface area (Å²) < 4.78 is 2.15. The number of pyridine rings is 1. The summed E-state index contributed by atoms with van der Waals surface area (Å²) in [6.07, 6.45) is 1.81. The van der Waals surface area contributed by atoms with Crippen LogP contribution in [0.4, 0.5) is 0 Å². The molecule has 2 heterocycles. The monoisotopic (exact) mass is 813 g/mol. The second-order valence-electron chi connectivity index (χ2n) is 11.9. The Balaban J connectivity index is 0.00000378. The first-order valence-electron chi connectivity index (χ1n) is 16.1. The average molecular weight is 814 g/mol. The van der Waals surface area contributed by atoms with Crippen LogP contribution in [-0.4, -0.2) is 19.6 Å². The van der Waals surface area contributed by atoms with Gasteiger partial charge in [-0.05, 0) is 59.0 Å². The maximum absolute atomic E-state index is 11.6. The van der Waals surface area contributed by atoms with E-state index in [1.807, 2.05) is 103 Å². The van der Waals surface area contributed by atoms with E-state index in [1.54, 1.807) is 0 Å². The van der Waals surface area contributed by atoms with Gasteiger partial charge in [-0.15, -0.1) is 29.8 Å². The number of benzene rings is 6. The zero-order valence-corrected chi connectivity index (χ0v) is 29.0. The number of hydrogen-bond donors (Lipinski definition) is 1. The van der Waals surface area contributed by atoms with Crippen molar-refractivity contribution >= 4 is 11.0 Å². The molecule has 6 aromatic carbocycles. The molecule has 5 heteroatoms. The maximum Gasteiger partial charge on any atom is 0.148 e. The molecule has 240 valence electrons. The first-order chi connectivity index (χ1) is 23.7. The Labute approximate surface area is 300 Å². The van der Waals surface area contributed by atoms with Crippen molar-refractivity contribution in [1.29, 1.82) is 0 Å². The average Bonchev–Trinajstić information content (AvgIpc) is 3.55. The molecule has 0 radical (unpaired) electrons. The first kappa shape index (κ1) is 32.0. The number of aromatic hydroxyl groups is 1. The molecule has 4 nitrogen and oxygen atoms in total. The van der Waals surface area contributed by atoms with Crippen LogP contribution in [0.5, 0.6) is 5.75 Å². The van der Waals surface area contributed by atoms with Gasteiger partial charge >= 0.3 is 0 Å². The standard InChI is InChI=1S/C44H32N3O.Pt/c1-30(31-14-5-2-6-15-31)37-25-26-40-43(42(37)35-19-13-18-34(28-35)39-22-11-12-27-45-39)46-44(47(40)36-20-9-4-10-21-36)38-24-23-33(29-41(38)48)32-16-7-3-8-17-32;/h2-27,29-30,48H,1H3;/q-1;. The van der Waals surface area contributed by atoms with E-state index in [1.165, 1.54) is 5.56 Å². The van der Waals surface area contributed by atoms with E-state index in [4.69, 9.17) is 4.98 Å². The predicted octanol–water partition coefficient (Wildman–Crippen LogP) is 10.7. The number of fused-ring (bicyclic) bond motifs is 1. The normalized spacial score (nSPS) is 11.6. The number of phenolic OH excluding ortho intramolecular Hbond substituents is 1. The summed E-state index contributed by atoms with van der Waals surface area (Å²) in [6, 6.07) is 57.0. The molecule has 8 rings (SSSR count). The molecule has 0 fully saturated rings. The fourth-order valence-corrected chi connectivity index (χ4v) is 6.56. The van der Waals surface area contributed by atoms with Gasteiger partial charge < -0.3 is 5.11 Å². The van der Waals surface area contributed by atoms with Crippen LogP contribution in [0, 0.1) is 6.07 Å². The summed E-state index contributed by atoms with van der Waals surface area (Å²) in [4.78, 5) is 10.0. The van der Waals surface area contributed by atoms with Crippen molar-refractivity contribution in [3.05, 3.63) is 181 Å². The Morgan fingerprint density at radius 3 is 2.06 bits per heavy atom. The van der Waals surface area contributed by atoms with Gasteiger partial charge in [0.2, 0.25) is 0 Å². The summed E-state index contributed by atoms with van der Waals surface area (Å²) in [5.41, 5.74) is 11.5. The fraction of sp³-hybridized carbons (Fsp3) is 0.0455. The van der Waals surface area contributed by atoms with E-state index < -0.39 is 0 Å². The Morgan fingerprint density at radius 1 is 0.653 bits per heavy atom. The molecule has 0 aliphatic carbocycles. The minimum absolute atomic E-state index is 0. The van der Waals surface area contributed by atoms with Crippen molar-refractivity contribution in [2.75, 3.05) is 0 Å². The molecule has 1 atom stereocenters. The zero-order chi connectivity index (χ0) is 32.5. The van der Waals surface area contributed by atoms with Gasteiger partial charge in [0.1, 0.15) is 11.6 Å². The Bertz CT molecular complexity index is 2360. The first-order valence-corrected chi connectivity index (χ1v) is 16.1. The van der Waals surface area contributed by atoms with E-state index in [0.29, 0.717) is 11.4 Å². The van der Waals surface area contributed by atoms with Crippen LogP contribution in [0.15, 0.2) is 164 Å². The van der Waals surface area contributed by atoms with Gasteiger partial charge in [-0.1, -0.05) is 127 Å².